The minimum absolute atomic E-state index is 0. The van der Waals surface area contributed by atoms with Gasteiger partial charge in [0, 0.05) is 0 Å². The molecule has 0 heterocycles. The molecule has 0 aliphatic rings. The van der Waals surface area contributed by atoms with Crippen LogP contribution in [-0.2, 0) is 0 Å². The Balaban J connectivity index is -0.00000128. The topological polar surface area (TPSA) is 0 Å². The fourth-order valence-electron chi connectivity index (χ4n) is 1.81. The van der Waals surface area contributed by atoms with E-state index in [0.717, 1.165) is 12.8 Å². The fraction of sp³-hybridized carbons (Fsp3) is 0.706. The molecule has 0 saturated carbocycles. The van der Waals surface area contributed by atoms with Crippen LogP contribution < -0.4 is 17.0 Å². The van der Waals surface area contributed by atoms with Crippen molar-refractivity contribution in [2.75, 3.05) is 0 Å². The van der Waals surface area contributed by atoms with Crippen LogP contribution in [0.25, 0.3) is 0 Å². The van der Waals surface area contributed by atoms with Crippen LogP contribution in [0.4, 0.5) is 0 Å². The molecule has 0 radical (unpaired) electrons. The maximum absolute atomic E-state index is 3.86. The summed E-state index contributed by atoms with van der Waals surface area (Å²) in [6.07, 6.45) is 23.4. The van der Waals surface area contributed by atoms with Gasteiger partial charge in [-0.3, -0.25) is 0 Å². The fourth-order valence-corrected chi connectivity index (χ4v) is 1.81. The summed E-state index contributed by atoms with van der Waals surface area (Å²) in [4.78, 5) is 0. The molecular formula is C17H31BrMg. The van der Waals surface area contributed by atoms with E-state index in [0.29, 0.717) is 0 Å². The number of halogens is 1. The van der Waals surface area contributed by atoms with Crippen molar-refractivity contribution in [1.29, 1.82) is 0 Å². The van der Waals surface area contributed by atoms with Crippen molar-refractivity contribution in [2.24, 2.45) is 0 Å². The molecule has 0 aromatic carbocycles. The van der Waals surface area contributed by atoms with Gasteiger partial charge >= 0.3 is 23.1 Å². The van der Waals surface area contributed by atoms with Crippen LogP contribution in [0, 0.1) is 6.92 Å². The first kappa shape index (κ1) is 24.7. The summed E-state index contributed by atoms with van der Waals surface area (Å²) in [6, 6.07) is 0. The Bertz CT molecular complexity index is 188. The Hall–Kier alpha value is 0.726. The molecule has 0 amide bonds. The number of hydrogen-bond donors (Lipinski definition) is 0. The van der Waals surface area contributed by atoms with Gasteiger partial charge in [-0.15, -0.1) is 0 Å². The van der Waals surface area contributed by atoms with E-state index < -0.39 is 0 Å². The van der Waals surface area contributed by atoms with Crippen LogP contribution in [0.5, 0.6) is 0 Å². The molecule has 0 bridgehead atoms. The molecule has 2 heteroatoms. The molecule has 0 rings (SSSR count). The molecule has 0 nitrogen and oxygen atoms in total. The molecule has 0 spiro atoms. The quantitative estimate of drug-likeness (QED) is 0.222. The molecular weight excluding hydrogens is 308 g/mol. The number of unbranched alkanes of at least 4 members (excludes halogenated alkanes) is 8. The summed E-state index contributed by atoms with van der Waals surface area (Å²) < 4.78 is 0. The zero-order valence-corrected chi connectivity index (χ0v) is 15.9. The first-order chi connectivity index (χ1) is 8.41. The summed E-state index contributed by atoms with van der Waals surface area (Å²) in [5.74, 6) is 0. The van der Waals surface area contributed by atoms with E-state index in [-0.39, 0.29) is 40.0 Å². The third-order valence-electron chi connectivity index (χ3n) is 2.95. The molecule has 0 aliphatic carbocycles. The average molecular weight is 340 g/mol. The number of allylic oxidation sites excluding steroid dienone is 4. The summed E-state index contributed by atoms with van der Waals surface area (Å²) in [5.41, 5.74) is 0. The Morgan fingerprint density at radius 1 is 0.737 bits per heavy atom. The van der Waals surface area contributed by atoms with Crippen molar-refractivity contribution in [2.45, 2.75) is 77.6 Å². The van der Waals surface area contributed by atoms with Gasteiger partial charge in [-0.1, -0.05) is 63.3 Å². The van der Waals surface area contributed by atoms with Crippen LogP contribution in [-0.4, -0.2) is 23.1 Å². The third kappa shape index (κ3) is 24.2. The standard InChI is InChI=1S/C17H31.BrH.Mg/c1-3-5-7-9-11-13-15-17-16-14-12-10-8-6-4-2;;/h12,14-15,17H,1,3-11,13,16H2,2H3;1H;/q-1;;+2/p-1/b14-12-,17-15-;;. The first-order valence-electron chi connectivity index (χ1n) is 7.51. The summed E-state index contributed by atoms with van der Waals surface area (Å²) in [6.45, 7) is 6.11. The Morgan fingerprint density at radius 3 is 1.79 bits per heavy atom. The van der Waals surface area contributed by atoms with Crippen molar-refractivity contribution < 1.29 is 17.0 Å². The Kier molecular flexibility index (Phi) is 31.0. The van der Waals surface area contributed by atoms with E-state index in [2.05, 4.69) is 38.2 Å². The molecule has 0 N–H and O–H groups in total. The molecule has 0 fully saturated rings. The third-order valence-corrected chi connectivity index (χ3v) is 2.95. The van der Waals surface area contributed by atoms with Crippen molar-refractivity contribution in [3.63, 3.8) is 0 Å². The van der Waals surface area contributed by atoms with Gasteiger partial charge in [-0.25, -0.2) is 0 Å². The zero-order valence-electron chi connectivity index (χ0n) is 12.9. The predicted molar refractivity (Wildman–Crippen MR) is 85.9 cm³/mol. The van der Waals surface area contributed by atoms with E-state index in [1.54, 1.807) is 0 Å². The van der Waals surface area contributed by atoms with Gasteiger partial charge in [-0.05, 0) is 32.1 Å². The maximum Gasteiger partial charge on any atom is 2.00 e. The van der Waals surface area contributed by atoms with Gasteiger partial charge in [0.1, 0.15) is 0 Å². The number of hydrogen-bond acceptors (Lipinski definition) is 0. The molecule has 0 saturated heterocycles. The van der Waals surface area contributed by atoms with Crippen molar-refractivity contribution >= 4 is 23.1 Å². The molecule has 0 aromatic heterocycles. The van der Waals surface area contributed by atoms with Crippen molar-refractivity contribution in [3.05, 3.63) is 31.2 Å². The van der Waals surface area contributed by atoms with Gasteiger partial charge < -0.3 is 23.9 Å². The second kappa shape index (κ2) is 23.8. The summed E-state index contributed by atoms with van der Waals surface area (Å²) in [5, 5.41) is 0. The molecule has 0 atom stereocenters. The van der Waals surface area contributed by atoms with Crippen LogP contribution in [0.3, 0.4) is 0 Å². The second-order valence-electron chi connectivity index (χ2n) is 4.73. The summed E-state index contributed by atoms with van der Waals surface area (Å²) >= 11 is 0. The van der Waals surface area contributed by atoms with Crippen molar-refractivity contribution in [1.82, 2.24) is 0 Å². The van der Waals surface area contributed by atoms with Crippen LogP contribution in [0.1, 0.15) is 77.6 Å². The largest absolute Gasteiger partial charge is 2.00 e. The Morgan fingerprint density at radius 2 is 1.26 bits per heavy atom. The van der Waals surface area contributed by atoms with Crippen molar-refractivity contribution in [3.8, 4) is 0 Å². The SMILES string of the molecule is [Br-].[CH2-]CCCCCC/C=C\C/C=C\CCCCC.[Mg+2]. The van der Waals surface area contributed by atoms with Crippen LogP contribution in [0.2, 0.25) is 0 Å². The maximum atomic E-state index is 3.86. The molecule has 19 heavy (non-hydrogen) atoms. The monoisotopic (exact) mass is 338 g/mol. The van der Waals surface area contributed by atoms with E-state index in [4.69, 9.17) is 0 Å². The van der Waals surface area contributed by atoms with E-state index >= 15 is 0 Å². The average Bonchev–Trinajstić information content (AvgIpc) is 2.35. The number of rotatable bonds is 12. The second-order valence-corrected chi connectivity index (χ2v) is 4.73. The minimum atomic E-state index is 0. The van der Waals surface area contributed by atoms with E-state index in [1.165, 1.54) is 57.8 Å². The molecule has 0 unspecified atom stereocenters. The first-order valence-corrected chi connectivity index (χ1v) is 7.51. The van der Waals surface area contributed by atoms with Gasteiger partial charge in [0.25, 0.3) is 0 Å². The van der Waals surface area contributed by atoms with Gasteiger partial charge in [0.2, 0.25) is 0 Å². The smallest absolute Gasteiger partial charge is 1.00 e. The molecule has 0 aromatic rings. The zero-order chi connectivity index (χ0) is 12.6. The molecule has 0 aliphatic heterocycles. The predicted octanol–water partition coefficient (Wildman–Crippen LogP) is 2.87. The summed E-state index contributed by atoms with van der Waals surface area (Å²) in [7, 11) is 0. The van der Waals surface area contributed by atoms with Gasteiger partial charge in [0.05, 0.1) is 0 Å². The molecule has 108 valence electrons. The van der Waals surface area contributed by atoms with E-state index in [9.17, 15) is 0 Å². The Labute approximate surface area is 148 Å². The van der Waals surface area contributed by atoms with Gasteiger partial charge in [0.15, 0.2) is 0 Å². The minimum Gasteiger partial charge on any atom is -1.00 e. The van der Waals surface area contributed by atoms with E-state index in [1.807, 2.05) is 0 Å². The normalized spacial score (nSPS) is 10.6. The van der Waals surface area contributed by atoms with Crippen LogP contribution >= 0.6 is 0 Å². The van der Waals surface area contributed by atoms with Gasteiger partial charge in [-0.2, -0.15) is 6.42 Å². The van der Waals surface area contributed by atoms with Crippen LogP contribution in [0.15, 0.2) is 24.3 Å².